The smallest absolute Gasteiger partial charge is 0.336 e. The lowest BCUT2D eigenvalue weighted by molar-refractivity contribution is 0.304. The molecular weight excluding hydrogens is 340 g/mol. The Balaban J connectivity index is 1.30. The molecule has 0 radical (unpaired) electrons. The number of fused-ring (bicyclic) bond motifs is 1. The highest BCUT2D eigenvalue weighted by Gasteiger charge is 2.04. The van der Waals surface area contributed by atoms with E-state index < -0.39 is 0 Å². The van der Waals surface area contributed by atoms with Gasteiger partial charge in [0.1, 0.15) is 17.2 Å². The normalized spacial score (nSPS) is 11.2. The average Bonchev–Trinajstić information content (AvgIpc) is 3.04. The third-order valence-corrected chi connectivity index (χ3v) is 4.91. The van der Waals surface area contributed by atoms with Crippen LogP contribution in [0, 0.1) is 13.8 Å². The van der Waals surface area contributed by atoms with Crippen LogP contribution in [0.5, 0.6) is 5.75 Å². The molecule has 2 heterocycles. The number of imidazole rings is 1. The largest absolute Gasteiger partial charge is 0.493 e. The van der Waals surface area contributed by atoms with Gasteiger partial charge in [-0.15, -0.1) is 0 Å². The second-order valence-corrected chi connectivity index (χ2v) is 7.04. The molecular formula is C22H28N2O3. The Morgan fingerprint density at radius 1 is 1.04 bits per heavy atom. The van der Waals surface area contributed by atoms with Gasteiger partial charge in [-0.1, -0.05) is 25.7 Å². The summed E-state index contributed by atoms with van der Waals surface area (Å²) in [6, 6.07) is 7.21. The number of aryl methyl sites for hydroxylation is 3. The van der Waals surface area contributed by atoms with Crippen molar-refractivity contribution in [2.45, 2.75) is 58.9 Å². The molecule has 0 aliphatic rings. The topological polar surface area (TPSA) is 57.3 Å². The van der Waals surface area contributed by atoms with Gasteiger partial charge in [0.15, 0.2) is 0 Å². The maximum atomic E-state index is 11.5. The molecule has 144 valence electrons. The van der Waals surface area contributed by atoms with Crippen molar-refractivity contribution in [1.29, 1.82) is 0 Å². The van der Waals surface area contributed by atoms with Crippen LogP contribution in [0.1, 0.15) is 49.9 Å². The molecule has 0 saturated heterocycles. The molecule has 5 heteroatoms. The van der Waals surface area contributed by atoms with Crippen molar-refractivity contribution in [1.82, 2.24) is 9.55 Å². The number of benzene rings is 1. The molecule has 0 aliphatic carbocycles. The minimum Gasteiger partial charge on any atom is -0.493 e. The van der Waals surface area contributed by atoms with Crippen LogP contribution in [-0.4, -0.2) is 16.2 Å². The van der Waals surface area contributed by atoms with Gasteiger partial charge in [-0.05, 0) is 44.4 Å². The molecule has 0 N–H and O–H groups in total. The van der Waals surface area contributed by atoms with E-state index in [2.05, 4.69) is 9.55 Å². The Morgan fingerprint density at radius 3 is 2.59 bits per heavy atom. The number of unbranched alkanes of at least 4 members (excludes halogenated alkanes) is 5. The molecule has 0 fully saturated rings. The van der Waals surface area contributed by atoms with Gasteiger partial charge in [0, 0.05) is 36.5 Å². The van der Waals surface area contributed by atoms with E-state index in [0.717, 1.165) is 35.5 Å². The minimum atomic E-state index is -0.319. The van der Waals surface area contributed by atoms with Crippen LogP contribution in [0.2, 0.25) is 0 Å². The zero-order valence-corrected chi connectivity index (χ0v) is 16.2. The van der Waals surface area contributed by atoms with Crippen LogP contribution in [-0.2, 0) is 6.54 Å². The molecule has 0 aliphatic heterocycles. The SMILES string of the molecule is Cc1cc(=O)oc2cc(OCCCCCCCCn3ccnc3C)ccc12. The predicted octanol–water partition coefficient (Wildman–Crippen LogP) is 5.03. The lowest BCUT2D eigenvalue weighted by Gasteiger charge is -2.08. The molecule has 2 aromatic heterocycles. The molecule has 0 unspecified atom stereocenters. The number of nitrogens with zero attached hydrogens (tertiary/aromatic N) is 2. The first kappa shape index (κ1) is 19.2. The highest BCUT2D eigenvalue weighted by molar-refractivity contribution is 5.81. The van der Waals surface area contributed by atoms with E-state index in [0.29, 0.717) is 12.2 Å². The molecule has 1 aromatic carbocycles. The highest BCUT2D eigenvalue weighted by atomic mass is 16.5. The van der Waals surface area contributed by atoms with Crippen LogP contribution < -0.4 is 10.4 Å². The van der Waals surface area contributed by atoms with E-state index in [4.69, 9.17) is 9.15 Å². The molecule has 0 bridgehead atoms. The van der Waals surface area contributed by atoms with E-state index in [1.54, 1.807) is 0 Å². The molecule has 27 heavy (non-hydrogen) atoms. The zero-order valence-electron chi connectivity index (χ0n) is 16.2. The monoisotopic (exact) mass is 368 g/mol. The fourth-order valence-electron chi connectivity index (χ4n) is 3.32. The molecule has 0 atom stereocenters. The number of hydrogen-bond acceptors (Lipinski definition) is 4. The third-order valence-electron chi connectivity index (χ3n) is 4.91. The number of rotatable bonds is 10. The molecule has 0 spiro atoms. The second kappa shape index (κ2) is 9.40. The Kier molecular flexibility index (Phi) is 6.69. The van der Waals surface area contributed by atoms with Crippen LogP contribution >= 0.6 is 0 Å². The van der Waals surface area contributed by atoms with Crippen LogP contribution in [0.15, 0.2) is 45.9 Å². The van der Waals surface area contributed by atoms with Gasteiger partial charge in [0.05, 0.1) is 6.61 Å². The fraction of sp³-hybridized carbons (Fsp3) is 0.455. The summed E-state index contributed by atoms with van der Waals surface area (Å²) in [6.45, 7) is 5.71. The quantitative estimate of drug-likeness (QED) is 0.372. The second-order valence-electron chi connectivity index (χ2n) is 7.04. The first-order valence-corrected chi connectivity index (χ1v) is 9.78. The molecule has 3 rings (SSSR count). The summed E-state index contributed by atoms with van der Waals surface area (Å²) in [5, 5.41) is 0.952. The summed E-state index contributed by atoms with van der Waals surface area (Å²) in [5.74, 6) is 1.85. The first-order chi connectivity index (χ1) is 13.1. The number of ether oxygens (including phenoxy) is 1. The Morgan fingerprint density at radius 2 is 1.81 bits per heavy atom. The number of aromatic nitrogens is 2. The Hall–Kier alpha value is -2.56. The summed E-state index contributed by atoms with van der Waals surface area (Å²) < 4.78 is 13.3. The van der Waals surface area contributed by atoms with E-state index in [-0.39, 0.29) is 5.63 Å². The van der Waals surface area contributed by atoms with Gasteiger partial charge in [-0.25, -0.2) is 9.78 Å². The molecule has 0 amide bonds. The summed E-state index contributed by atoms with van der Waals surface area (Å²) >= 11 is 0. The highest BCUT2D eigenvalue weighted by Crippen LogP contribution is 2.22. The van der Waals surface area contributed by atoms with Crippen molar-refractivity contribution in [2.75, 3.05) is 6.61 Å². The lowest BCUT2D eigenvalue weighted by Crippen LogP contribution is -2.00. The maximum Gasteiger partial charge on any atom is 0.336 e. The van der Waals surface area contributed by atoms with E-state index >= 15 is 0 Å². The van der Waals surface area contributed by atoms with Crippen LogP contribution in [0.25, 0.3) is 11.0 Å². The lowest BCUT2D eigenvalue weighted by atomic mass is 10.1. The fourth-order valence-corrected chi connectivity index (χ4v) is 3.32. The van der Waals surface area contributed by atoms with Gasteiger partial charge in [-0.3, -0.25) is 0 Å². The van der Waals surface area contributed by atoms with Crippen molar-refractivity contribution < 1.29 is 9.15 Å². The molecule has 3 aromatic rings. The van der Waals surface area contributed by atoms with Gasteiger partial charge < -0.3 is 13.7 Å². The Labute approximate surface area is 160 Å². The standard InChI is InChI=1S/C22H28N2O3/c1-17-15-22(25)27-21-16-19(9-10-20(17)21)26-14-8-6-4-3-5-7-12-24-13-11-23-18(24)2/h9-11,13,15-16H,3-8,12,14H2,1-2H3. The summed E-state index contributed by atoms with van der Waals surface area (Å²) in [5.41, 5.74) is 1.20. The van der Waals surface area contributed by atoms with Gasteiger partial charge >= 0.3 is 5.63 Å². The van der Waals surface area contributed by atoms with Crippen molar-refractivity contribution >= 4 is 11.0 Å². The number of hydrogen-bond donors (Lipinski definition) is 0. The third kappa shape index (κ3) is 5.46. The van der Waals surface area contributed by atoms with Crippen molar-refractivity contribution in [3.63, 3.8) is 0 Å². The van der Waals surface area contributed by atoms with Crippen molar-refractivity contribution in [3.8, 4) is 5.75 Å². The van der Waals surface area contributed by atoms with Gasteiger partial charge in [0.2, 0.25) is 0 Å². The van der Waals surface area contributed by atoms with Crippen LogP contribution in [0.4, 0.5) is 0 Å². The summed E-state index contributed by atoms with van der Waals surface area (Å²) in [7, 11) is 0. The Bertz CT molecular complexity index is 927. The van der Waals surface area contributed by atoms with Gasteiger partial charge in [0.25, 0.3) is 0 Å². The minimum absolute atomic E-state index is 0.319. The van der Waals surface area contributed by atoms with Crippen molar-refractivity contribution in [2.24, 2.45) is 0 Å². The van der Waals surface area contributed by atoms with Crippen LogP contribution in [0.3, 0.4) is 0 Å². The van der Waals surface area contributed by atoms with Crippen molar-refractivity contribution in [3.05, 3.63) is 58.5 Å². The zero-order chi connectivity index (χ0) is 19.1. The predicted molar refractivity (Wildman–Crippen MR) is 107 cm³/mol. The van der Waals surface area contributed by atoms with E-state index in [1.807, 2.05) is 44.4 Å². The summed E-state index contributed by atoms with van der Waals surface area (Å²) in [4.78, 5) is 15.7. The molecule has 0 saturated carbocycles. The average molecular weight is 368 g/mol. The van der Waals surface area contributed by atoms with E-state index in [1.165, 1.54) is 38.2 Å². The first-order valence-electron chi connectivity index (χ1n) is 9.78. The van der Waals surface area contributed by atoms with E-state index in [9.17, 15) is 4.79 Å². The molecule has 5 nitrogen and oxygen atoms in total. The van der Waals surface area contributed by atoms with Gasteiger partial charge in [-0.2, -0.15) is 0 Å². The summed E-state index contributed by atoms with van der Waals surface area (Å²) in [6.07, 6.45) is 11.1. The maximum absolute atomic E-state index is 11.5.